The Bertz CT molecular complexity index is 671. The van der Waals surface area contributed by atoms with Gasteiger partial charge in [-0.2, -0.15) is 5.10 Å². The monoisotopic (exact) mass is 313 g/mol. The van der Waals surface area contributed by atoms with Crippen molar-refractivity contribution in [2.75, 3.05) is 11.9 Å². The van der Waals surface area contributed by atoms with Crippen molar-refractivity contribution >= 4 is 28.9 Å². The lowest BCUT2D eigenvalue weighted by Crippen LogP contribution is -2.31. The van der Waals surface area contributed by atoms with Crippen molar-refractivity contribution < 1.29 is 5.11 Å². The van der Waals surface area contributed by atoms with Crippen molar-refractivity contribution in [1.29, 1.82) is 0 Å². The number of rotatable bonds is 4. The van der Waals surface area contributed by atoms with Crippen LogP contribution in [0.25, 0.3) is 0 Å². The van der Waals surface area contributed by atoms with Crippen LogP contribution in [0.4, 0.5) is 5.69 Å². The summed E-state index contributed by atoms with van der Waals surface area (Å²) < 4.78 is 0. The van der Waals surface area contributed by atoms with Gasteiger partial charge in [0.15, 0.2) is 0 Å². The predicted octanol–water partition coefficient (Wildman–Crippen LogP) is 2.40. The van der Waals surface area contributed by atoms with Gasteiger partial charge in [0.1, 0.15) is 10.6 Å². The number of aromatic nitrogens is 2. The van der Waals surface area contributed by atoms with E-state index in [1.54, 1.807) is 31.2 Å². The Kier molecular flexibility index (Phi) is 4.32. The molecule has 1 aromatic heterocycles. The van der Waals surface area contributed by atoms with E-state index in [1.807, 2.05) is 0 Å². The maximum atomic E-state index is 11.3. The van der Waals surface area contributed by atoms with Crippen molar-refractivity contribution in [3.05, 3.63) is 56.4 Å². The predicted molar refractivity (Wildman–Crippen MR) is 79.4 cm³/mol. The van der Waals surface area contributed by atoms with Crippen LogP contribution in [0.3, 0.4) is 0 Å². The number of anilines is 1. The molecule has 1 unspecified atom stereocenters. The fraction of sp³-hybridized carbons (Fsp3) is 0.231. The van der Waals surface area contributed by atoms with Gasteiger partial charge in [-0.25, -0.2) is 5.10 Å². The van der Waals surface area contributed by atoms with Crippen LogP contribution in [0, 0.1) is 0 Å². The molecule has 0 fully saturated rings. The second kappa shape index (κ2) is 5.83. The SMILES string of the molecule is CC(O)(CNc1cn[nH]c(=O)c1Cl)c1cccc(Cl)c1. The van der Waals surface area contributed by atoms with Crippen LogP contribution in [0.2, 0.25) is 10.0 Å². The molecule has 0 saturated carbocycles. The van der Waals surface area contributed by atoms with E-state index in [1.165, 1.54) is 6.20 Å². The molecule has 1 atom stereocenters. The van der Waals surface area contributed by atoms with Gasteiger partial charge in [-0.05, 0) is 24.6 Å². The maximum absolute atomic E-state index is 11.3. The highest BCUT2D eigenvalue weighted by molar-refractivity contribution is 6.32. The molecule has 0 spiro atoms. The third kappa shape index (κ3) is 3.30. The van der Waals surface area contributed by atoms with Crippen molar-refractivity contribution in [3.63, 3.8) is 0 Å². The zero-order valence-corrected chi connectivity index (χ0v) is 12.2. The summed E-state index contributed by atoms with van der Waals surface area (Å²) in [6, 6.07) is 6.94. The largest absolute Gasteiger partial charge is 0.384 e. The average molecular weight is 314 g/mol. The number of H-pyrrole nitrogens is 1. The summed E-state index contributed by atoms with van der Waals surface area (Å²) in [5.74, 6) is 0. The maximum Gasteiger partial charge on any atom is 0.285 e. The van der Waals surface area contributed by atoms with Crippen molar-refractivity contribution in [3.8, 4) is 0 Å². The number of nitrogens with zero attached hydrogens (tertiary/aromatic N) is 1. The molecule has 3 N–H and O–H groups in total. The van der Waals surface area contributed by atoms with E-state index in [-0.39, 0.29) is 11.6 Å². The van der Waals surface area contributed by atoms with Gasteiger partial charge >= 0.3 is 0 Å². The number of halogens is 2. The summed E-state index contributed by atoms with van der Waals surface area (Å²) in [5.41, 5.74) is -0.639. The topological polar surface area (TPSA) is 78.0 Å². The summed E-state index contributed by atoms with van der Waals surface area (Å²) >= 11 is 11.8. The molecule has 0 aliphatic carbocycles. The summed E-state index contributed by atoms with van der Waals surface area (Å²) in [4.78, 5) is 11.3. The number of benzene rings is 1. The lowest BCUT2D eigenvalue weighted by atomic mass is 9.96. The van der Waals surface area contributed by atoms with Crippen LogP contribution < -0.4 is 10.9 Å². The first-order valence-electron chi connectivity index (χ1n) is 5.85. The van der Waals surface area contributed by atoms with E-state index < -0.39 is 11.2 Å². The lowest BCUT2D eigenvalue weighted by molar-refractivity contribution is 0.0715. The Labute approximate surface area is 125 Å². The molecule has 2 rings (SSSR count). The van der Waals surface area contributed by atoms with E-state index in [0.29, 0.717) is 16.3 Å². The first-order chi connectivity index (χ1) is 9.40. The standard InChI is InChI=1S/C13H13Cl2N3O2/c1-13(20,8-3-2-4-9(14)5-8)7-16-10-6-17-18-12(19)11(10)15/h2-6,20H,7H2,1H3,(H2,16,18,19). The van der Waals surface area contributed by atoms with Crippen molar-refractivity contribution in [2.24, 2.45) is 0 Å². The highest BCUT2D eigenvalue weighted by atomic mass is 35.5. The van der Waals surface area contributed by atoms with Gasteiger partial charge in [-0.15, -0.1) is 0 Å². The minimum atomic E-state index is -1.17. The molecule has 7 heteroatoms. The molecular weight excluding hydrogens is 301 g/mol. The molecule has 0 aliphatic heterocycles. The van der Waals surface area contributed by atoms with Gasteiger partial charge in [0.25, 0.3) is 5.56 Å². The Morgan fingerprint density at radius 1 is 1.45 bits per heavy atom. The highest BCUT2D eigenvalue weighted by Crippen LogP contribution is 2.25. The third-order valence-electron chi connectivity index (χ3n) is 2.87. The minimum absolute atomic E-state index is 0.00175. The molecule has 0 amide bonds. The molecule has 1 heterocycles. The molecule has 0 radical (unpaired) electrons. The third-order valence-corrected chi connectivity index (χ3v) is 3.48. The van der Waals surface area contributed by atoms with E-state index >= 15 is 0 Å². The normalized spacial score (nSPS) is 13.8. The molecule has 0 aliphatic rings. The van der Waals surface area contributed by atoms with Gasteiger partial charge in [0, 0.05) is 11.6 Å². The van der Waals surface area contributed by atoms with E-state index in [0.717, 1.165) is 0 Å². The summed E-state index contributed by atoms with van der Waals surface area (Å²) in [6.45, 7) is 1.79. The van der Waals surface area contributed by atoms with Gasteiger partial charge in [-0.1, -0.05) is 35.3 Å². The number of aromatic amines is 1. The Hall–Kier alpha value is -1.56. The Morgan fingerprint density at radius 3 is 2.90 bits per heavy atom. The zero-order valence-electron chi connectivity index (χ0n) is 10.7. The molecule has 5 nitrogen and oxygen atoms in total. The van der Waals surface area contributed by atoms with Crippen LogP contribution in [-0.4, -0.2) is 21.8 Å². The number of nitrogens with one attached hydrogen (secondary N) is 2. The second-order valence-electron chi connectivity index (χ2n) is 4.56. The number of hydrogen-bond donors (Lipinski definition) is 3. The summed E-state index contributed by atoms with van der Waals surface area (Å²) in [7, 11) is 0. The molecule has 20 heavy (non-hydrogen) atoms. The fourth-order valence-corrected chi connectivity index (χ4v) is 2.05. The number of hydrogen-bond acceptors (Lipinski definition) is 4. The van der Waals surface area contributed by atoms with Gasteiger partial charge < -0.3 is 10.4 Å². The quantitative estimate of drug-likeness (QED) is 0.810. The smallest absolute Gasteiger partial charge is 0.285 e. The van der Waals surface area contributed by atoms with Crippen molar-refractivity contribution in [2.45, 2.75) is 12.5 Å². The van der Waals surface area contributed by atoms with Crippen LogP contribution in [0.5, 0.6) is 0 Å². The van der Waals surface area contributed by atoms with Gasteiger partial charge in [0.2, 0.25) is 0 Å². The molecular formula is C13H13Cl2N3O2. The van der Waals surface area contributed by atoms with Crippen LogP contribution in [-0.2, 0) is 5.60 Å². The van der Waals surface area contributed by atoms with Crippen LogP contribution in [0.1, 0.15) is 12.5 Å². The molecule has 2 aromatic rings. The molecule has 0 bridgehead atoms. The van der Waals surface area contributed by atoms with Gasteiger partial charge in [-0.3, -0.25) is 4.79 Å². The average Bonchev–Trinajstić information content (AvgIpc) is 2.40. The van der Waals surface area contributed by atoms with Crippen LogP contribution >= 0.6 is 23.2 Å². The molecule has 1 aromatic carbocycles. The van der Waals surface area contributed by atoms with E-state index in [4.69, 9.17) is 23.2 Å². The number of aliphatic hydroxyl groups is 1. The molecule has 0 saturated heterocycles. The van der Waals surface area contributed by atoms with E-state index in [2.05, 4.69) is 15.5 Å². The Balaban J connectivity index is 2.17. The Morgan fingerprint density at radius 2 is 2.20 bits per heavy atom. The molecule has 106 valence electrons. The second-order valence-corrected chi connectivity index (χ2v) is 5.38. The first kappa shape index (κ1) is 14.8. The van der Waals surface area contributed by atoms with E-state index in [9.17, 15) is 9.90 Å². The van der Waals surface area contributed by atoms with Crippen molar-refractivity contribution in [1.82, 2.24) is 10.2 Å². The first-order valence-corrected chi connectivity index (χ1v) is 6.61. The summed E-state index contributed by atoms with van der Waals surface area (Å²) in [6.07, 6.45) is 1.39. The highest BCUT2D eigenvalue weighted by Gasteiger charge is 2.23. The van der Waals surface area contributed by atoms with Crippen LogP contribution in [0.15, 0.2) is 35.3 Å². The minimum Gasteiger partial charge on any atom is -0.384 e. The lowest BCUT2D eigenvalue weighted by Gasteiger charge is -2.25. The zero-order chi connectivity index (χ0) is 14.8. The fourth-order valence-electron chi connectivity index (χ4n) is 1.70. The summed E-state index contributed by atoms with van der Waals surface area (Å²) in [5, 5.41) is 19.8. The van der Waals surface area contributed by atoms with Gasteiger partial charge in [0.05, 0.1) is 11.9 Å².